The summed E-state index contributed by atoms with van der Waals surface area (Å²) in [6.45, 7) is 3.44. The zero-order valence-corrected chi connectivity index (χ0v) is 14.1. The number of halogens is 2. The van der Waals surface area contributed by atoms with Crippen LogP contribution in [0.1, 0.15) is 32.1 Å². The molecule has 0 N–H and O–H groups in total. The first-order chi connectivity index (χ1) is 10.7. The number of anilines is 1. The summed E-state index contributed by atoms with van der Waals surface area (Å²) >= 11 is 12.5. The number of rotatable bonds is 2. The maximum absolute atomic E-state index is 9.71. The summed E-state index contributed by atoms with van der Waals surface area (Å²) in [7, 11) is 0. The van der Waals surface area contributed by atoms with Gasteiger partial charge in [0.15, 0.2) is 0 Å². The van der Waals surface area contributed by atoms with Crippen molar-refractivity contribution in [1.82, 2.24) is 9.88 Å². The Kier molecular flexibility index (Phi) is 4.77. The quantitative estimate of drug-likeness (QED) is 0.823. The van der Waals surface area contributed by atoms with E-state index < -0.39 is 0 Å². The van der Waals surface area contributed by atoms with Crippen molar-refractivity contribution < 1.29 is 0 Å². The molecule has 0 radical (unpaired) electrons. The molecule has 0 unspecified atom stereocenters. The van der Waals surface area contributed by atoms with Crippen LogP contribution in [0.4, 0.5) is 5.69 Å². The van der Waals surface area contributed by atoms with E-state index in [4.69, 9.17) is 23.2 Å². The smallest absolute Gasteiger partial charge is 0.109 e. The second-order valence-electron chi connectivity index (χ2n) is 6.13. The molecular weight excluding hydrogens is 319 g/mol. The van der Waals surface area contributed by atoms with Crippen LogP contribution in [0, 0.1) is 11.3 Å². The average molecular weight is 339 g/mol. The maximum Gasteiger partial charge on any atom is 0.109 e. The highest BCUT2D eigenvalue weighted by molar-refractivity contribution is 6.38. The monoisotopic (exact) mass is 338 g/mol. The number of nitriles is 1. The van der Waals surface area contributed by atoms with Crippen molar-refractivity contribution in [2.24, 2.45) is 0 Å². The molecule has 2 aliphatic rings. The van der Waals surface area contributed by atoms with E-state index in [1.807, 2.05) is 0 Å². The maximum atomic E-state index is 9.71. The first-order valence-corrected chi connectivity index (χ1v) is 8.62. The molecule has 1 aromatic rings. The highest BCUT2D eigenvalue weighted by Gasteiger charge is 2.39. The van der Waals surface area contributed by atoms with E-state index in [0.29, 0.717) is 10.0 Å². The zero-order valence-electron chi connectivity index (χ0n) is 12.6. The highest BCUT2D eigenvalue weighted by atomic mass is 35.5. The molecular formula is C16H20Cl2N4. The van der Waals surface area contributed by atoms with Crippen molar-refractivity contribution in [3.05, 3.63) is 22.4 Å². The molecule has 6 heteroatoms. The number of piperazine rings is 1. The lowest BCUT2D eigenvalue weighted by molar-refractivity contribution is 0.0913. The number of hydrogen-bond acceptors (Lipinski definition) is 4. The minimum atomic E-state index is -0.254. The summed E-state index contributed by atoms with van der Waals surface area (Å²) in [5.74, 6) is 0. The van der Waals surface area contributed by atoms with Gasteiger partial charge >= 0.3 is 0 Å². The van der Waals surface area contributed by atoms with Crippen LogP contribution in [0.2, 0.25) is 10.0 Å². The first kappa shape index (κ1) is 15.9. The summed E-state index contributed by atoms with van der Waals surface area (Å²) in [5.41, 5.74) is 0.614. The predicted molar refractivity (Wildman–Crippen MR) is 89.5 cm³/mol. The summed E-state index contributed by atoms with van der Waals surface area (Å²) in [6, 6.07) is 2.61. The lowest BCUT2D eigenvalue weighted by Gasteiger charge is -2.46. The van der Waals surface area contributed by atoms with E-state index in [1.54, 1.807) is 12.4 Å². The molecule has 3 rings (SSSR count). The van der Waals surface area contributed by atoms with E-state index in [1.165, 1.54) is 6.42 Å². The lowest BCUT2D eigenvalue weighted by Crippen LogP contribution is -2.57. The van der Waals surface area contributed by atoms with Crippen molar-refractivity contribution in [3.8, 4) is 6.07 Å². The van der Waals surface area contributed by atoms with Gasteiger partial charge < -0.3 is 4.90 Å². The molecule has 1 saturated heterocycles. The molecule has 0 atom stereocenters. The standard InChI is InChI=1S/C16H20Cl2N4/c17-13-10-20-11-14(18)15(13)21-6-8-22(9-7-21)16(12-19)4-2-1-3-5-16/h10-11H,1-9H2. The summed E-state index contributed by atoms with van der Waals surface area (Å²) in [4.78, 5) is 8.58. The van der Waals surface area contributed by atoms with Gasteiger partial charge in [0.05, 0.1) is 21.8 Å². The Bertz CT molecular complexity index is 550. The van der Waals surface area contributed by atoms with Crippen molar-refractivity contribution in [2.45, 2.75) is 37.6 Å². The van der Waals surface area contributed by atoms with Gasteiger partial charge in [-0.3, -0.25) is 9.88 Å². The molecule has 0 aromatic carbocycles. The Morgan fingerprint density at radius 1 is 1.00 bits per heavy atom. The van der Waals surface area contributed by atoms with Crippen LogP contribution in [-0.2, 0) is 0 Å². The number of hydrogen-bond donors (Lipinski definition) is 0. The Labute approximate surface area is 141 Å². The third kappa shape index (κ3) is 2.90. The Morgan fingerprint density at radius 3 is 2.14 bits per heavy atom. The van der Waals surface area contributed by atoms with Crippen molar-refractivity contribution in [1.29, 1.82) is 5.26 Å². The van der Waals surface area contributed by atoms with Crippen LogP contribution in [0.15, 0.2) is 12.4 Å². The van der Waals surface area contributed by atoms with Crippen LogP contribution in [0.25, 0.3) is 0 Å². The fraction of sp³-hybridized carbons (Fsp3) is 0.625. The zero-order chi connectivity index (χ0) is 15.6. The number of aromatic nitrogens is 1. The van der Waals surface area contributed by atoms with Gasteiger partial charge in [0.25, 0.3) is 0 Å². The van der Waals surface area contributed by atoms with Crippen molar-refractivity contribution in [3.63, 3.8) is 0 Å². The second kappa shape index (κ2) is 6.62. The fourth-order valence-electron chi connectivity index (χ4n) is 3.70. The largest absolute Gasteiger partial charge is 0.366 e. The van der Waals surface area contributed by atoms with E-state index >= 15 is 0 Å². The van der Waals surface area contributed by atoms with Crippen LogP contribution in [0.3, 0.4) is 0 Å². The highest BCUT2D eigenvalue weighted by Crippen LogP contribution is 2.36. The van der Waals surface area contributed by atoms with Gasteiger partial charge in [-0.25, -0.2) is 0 Å². The Morgan fingerprint density at radius 2 is 1.59 bits per heavy atom. The molecule has 1 saturated carbocycles. The third-order valence-electron chi connectivity index (χ3n) is 4.92. The van der Waals surface area contributed by atoms with E-state index in [-0.39, 0.29) is 5.54 Å². The minimum absolute atomic E-state index is 0.254. The normalized spacial score (nSPS) is 22.3. The SMILES string of the molecule is N#CC1(N2CCN(c3c(Cl)cncc3Cl)CC2)CCCCC1. The Balaban J connectivity index is 1.71. The predicted octanol–water partition coefficient (Wildman–Crippen LogP) is 3.74. The van der Waals surface area contributed by atoms with Crippen LogP contribution in [0.5, 0.6) is 0 Å². The molecule has 0 spiro atoms. The van der Waals surface area contributed by atoms with Gasteiger partial charge in [0.2, 0.25) is 0 Å². The molecule has 22 heavy (non-hydrogen) atoms. The first-order valence-electron chi connectivity index (χ1n) is 7.86. The summed E-state index contributed by atoms with van der Waals surface area (Å²) < 4.78 is 0. The van der Waals surface area contributed by atoms with Crippen molar-refractivity contribution in [2.75, 3.05) is 31.1 Å². The molecule has 118 valence electrons. The fourth-order valence-corrected chi connectivity index (χ4v) is 4.30. The molecule has 4 nitrogen and oxygen atoms in total. The van der Waals surface area contributed by atoms with Gasteiger partial charge in [-0.2, -0.15) is 5.26 Å². The topological polar surface area (TPSA) is 43.2 Å². The molecule has 1 aliphatic carbocycles. The van der Waals surface area contributed by atoms with Gasteiger partial charge in [-0.1, -0.05) is 42.5 Å². The second-order valence-corrected chi connectivity index (χ2v) is 6.94. The van der Waals surface area contributed by atoms with Gasteiger partial charge in [0.1, 0.15) is 5.54 Å². The third-order valence-corrected chi connectivity index (χ3v) is 5.47. The minimum Gasteiger partial charge on any atom is -0.366 e. The van der Waals surface area contributed by atoms with E-state index in [0.717, 1.165) is 57.5 Å². The van der Waals surface area contributed by atoms with Gasteiger partial charge in [-0.05, 0) is 12.8 Å². The molecule has 2 heterocycles. The summed E-state index contributed by atoms with van der Waals surface area (Å²) in [5, 5.41) is 10.9. The molecule has 1 aliphatic heterocycles. The molecule has 0 bridgehead atoms. The van der Waals surface area contributed by atoms with E-state index in [9.17, 15) is 5.26 Å². The van der Waals surface area contributed by atoms with Crippen LogP contribution >= 0.6 is 23.2 Å². The molecule has 1 aromatic heterocycles. The van der Waals surface area contributed by atoms with Crippen LogP contribution in [-0.4, -0.2) is 41.6 Å². The average Bonchev–Trinajstić information content (AvgIpc) is 2.56. The van der Waals surface area contributed by atoms with E-state index in [2.05, 4.69) is 20.9 Å². The van der Waals surface area contributed by atoms with Gasteiger partial charge in [0, 0.05) is 38.6 Å². The van der Waals surface area contributed by atoms with Crippen LogP contribution < -0.4 is 4.90 Å². The van der Waals surface area contributed by atoms with Crippen molar-refractivity contribution >= 4 is 28.9 Å². The number of pyridine rings is 1. The number of nitrogens with zero attached hydrogens (tertiary/aromatic N) is 4. The summed E-state index contributed by atoms with van der Waals surface area (Å²) in [6.07, 6.45) is 8.85. The lowest BCUT2D eigenvalue weighted by atomic mass is 9.81. The Hall–Kier alpha value is -1.02. The molecule has 2 fully saturated rings. The van der Waals surface area contributed by atoms with Gasteiger partial charge in [-0.15, -0.1) is 0 Å². The molecule has 0 amide bonds.